The average molecular weight is 397 g/mol. The van der Waals surface area contributed by atoms with Crippen molar-refractivity contribution >= 4 is 60.6 Å². The summed E-state index contributed by atoms with van der Waals surface area (Å²) in [5.41, 5.74) is 0.185. The number of alkyl halides is 2. The highest BCUT2D eigenvalue weighted by Crippen LogP contribution is 2.44. The van der Waals surface area contributed by atoms with Crippen molar-refractivity contribution in [1.29, 1.82) is 0 Å². The summed E-state index contributed by atoms with van der Waals surface area (Å²) >= 11 is 20.4. The number of aliphatic hydroxyl groups excluding tert-OH is 1. The van der Waals surface area contributed by atoms with Gasteiger partial charge in [-0.1, -0.05) is 47.8 Å². The molecule has 0 saturated carbocycles. The first-order valence-corrected chi connectivity index (χ1v) is 8.44. The number of rotatable bonds is 4. The summed E-state index contributed by atoms with van der Waals surface area (Å²) in [4.78, 5) is 0. The molecule has 3 nitrogen and oxygen atoms in total. The van der Waals surface area contributed by atoms with E-state index in [9.17, 15) is 13.5 Å². The normalized spacial score (nSPS) is 17.2. The number of sulfone groups is 1. The van der Waals surface area contributed by atoms with Gasteiger partial charge >= 0.3 is 0 Å². The molecule has 0 aliphatic rings. The highest BCUT2D eigenvalue weighted by molar-refractivity contribution is 9.12. The van der Waals surface area contributed by atoms with Crippen LogP contribution in [0.2, 0.25) is 10.0 Å². The lowest BCUT2D eigenvalue weighted by atomic mass is 10.1. The highest BCUT2D eigenvalue weighted by atomic mass is 79.9. The van der Waals surface area contributed by atoms with Gasteiger partial charge in [0.15, 0.2) is 9.84 Å². The van der Waals surface area contributed by atoms with Gasteiger partial charge in [0.25, 0.3) is 0 Å². The third-order valence-corrected chi connectivity index (χ3v) is 7.57. The lowest BCUT2D eigenvalue weighted by molar-refractivity contribution is 0.185. The number of aliphatic hydroxyl groups is 1. The summed E-state index contributed by atoms with van der Waals surface area (Å²) < 4.78 is 21.6. The quantitative estimate of drug-likeness (QED) is 0.789. The minimum absolute atomic E-state index is 0.144. The van der Waals surface area contributed by atoms with Crippen molar-refractivity contribution in [2.45, 2.75) is 16.1 Å². The molecule has 0 bridgehead atoms. The van der Waals surface area contributed by atoms with Gasteiger partial charge in [0.2, 0.25) is 3.12 Å². The van der Waals surface area contributed by atoms with E-state index >= 15 is 0 Å². The van der Waals surface area contributed by atoms with E-state index in [-0.39, 0.29) is 16.3 Å². The summed E-state index contributed by atoms with van der Waals surface area (Å²) in [7, 11) is -3.73. The second kappa shape index (κ2) is 5.85. The van der Waals surface area contributed by atoms with E-state index in [0.717, 1.165) is 0 Å². The maximum absolute atomic E-state index is 11.8. The molecule has 1 rings (SSSR count). The van der Waals surface area contributed by atoms with E-state index in [1.165, 1.54) is 25.1 Å². The Morgan fingerprint density at radius 2 is 2.00 bits per heavy atom. The molecule has 102 valence electrons. The van der Waals surface area contributed by atoms with E-state index in [1.807, 2.05) is 0 Å². The molecule has 0 spiro atoms. The fourth-order valence-corrected chi connectivity index (χ4v) is 4.01. The molecule has 2 atom stereocenters. The first-order chi connectivity index (χ1) is 8.13. The molecule has 0 radical (unpaired) electrons. The Morgan fingerprint density at radius 3 is 2.44 bits per heavy atom. The van der Waals surface area contributed by atoms with Gasteiger partial charge in [0, 0.05) is 15.6 Å². The largest absolute Gasteiger partial charge is 0.384 e. The molecule has 1 N–H and O–H groups in total. The molecule has 0 aromatic heterocycles. The fourth-order valence-electron chi connectivity index (χ4n) is 1.27. The summed E-state index contributed by atoms with van der Waals surface area (Å²) in [6.07, 6.45) is -1.52. The summed E-state index contributed by atoms with van der Waals surface area (Å²) in [5.74, 6) is -0.218. The molecule has 1 aromatic carbocycles. The molecule has 0 fully saturated rings. The Balaban J connectivity index is 3.26. The van der Waals surface area contributed by atoms with Crippen LogP contribution in [0.25, 0.3) is 0 Å². The Bertz CT molecular complexity index is 545. The van der Waals surface area contributed by atoms with Crippen LogP contribution in [0.4, 0.5) is 0 Å². The smallest absolute Gasteiger partial charge is 0.229 e. The first kappa shape index (κ1) is 16.5. The maximum atomic E-state index is 11.8. The second-order valence-corrected chi connectivity index (χ2v) is 9.88. The van der Waals surface area contributed by atoms with Gasteiger partial charge in [-0.2, -0.15) is 0 Å². The van der Waals surface area contributed by atoms with Crippen molar-refractivity contribution in [1.82, 2.24) is 0 Å². The lowest BCUT2D eigenvalue weighted by Gasteiger charge is -2.26. The van der Waals surface area contributed by atoms with Crippen LogP contribution in [-0.2, 0) is 9.84 Å². The standard InChI is InChI=1S/C10H10BrCl3O3S/c1-2-18(16,17)10(11,14)9(15)7-4-3-6(12)5-8(7)13/h3-5,9,15H,2H2,1H3/t9-,10+/m1/s1. The Hall–Kier alpha value is 0.480. The molecule has 0 unspecified atom stereocenters. The molecule has 18 heavy (non-hydrogen) atoms. The zero-order valence-electron chi connectivity index (χ0n) is 9.20. The molecule has 0 heterocycles. The van der Waals surface area contributed by atoms with Gasteiger partial charge in [-0.15, -0.1) is 0 Å². The fraction of sp³-hybridized carbons (Fsp3) is 0.400. The Kier molecular flexibility index (Phi) is 5.38. The third kappa shape index (κ3) is 3.14. The molecule has 0 amide bonds. The van der Waals surface area contributed by atoms with Crippen molar-refractivity contribution in [2.24, 2.45) is 0 Å². The summed E-state index contributed by atoms with van der Waals surface area (Å²) in [6.45, 7) is 1.43. The predicted molar refractivity (Wildman–Crippen MR) is 78.4 cm³/mol. The lowest BCUT2D eigenvalue weighted by Crippen LogP contribution is -2.34. The molecule has 0 saturated heterocycles. The van der Waals surface area contributed by atoms with Crippen LogP contribution in [0.3, 0.4) is 0 Å². The third-order valence-electron chi connectivity index (χ3n) is 2.37. The van der Waals surface area contributed by atoms with Crippen LogP contribution in [0, 0.1) is 0 Å². The number of hydrogen-bond donors (Lipinski definition) is 1. The zero-order chi connectivity index (χ0) is 14.1. The van der Waals surface area contributed by atoms with Gasteiger partial charge < -0.3 is 5.11 Å². The summed E-state index contributed by atoms with van der Waals surface area (Å²) in [5, 5.41) is 10.6. The van der Waals surface area contributed by atoms with E-state index in [2.05, 4.69) is 15.9 Å². The van der Waals surface area contributed by atoms with Crippen molar-refractivity contribution in [2.75, 3.05) is 5.75 Å². The minimum atomic E-state index is -3.73. The van der Waals surface area contributed by atoms with Crippen LogP contribution in [0.15, 0.2) is 18.2 Å². The van der Waals surface area contributed by atoms with Gasteiger partial charge in [-0.25, -0.2) is 8.42 Å². The molecular formula is C10H10BrCl3O3S. The number of hydrogen-bond acceptors (Lipinski definition) is 3. The summed E-state index contributed by atoms with van der Waals surface area (Å²) in [6, 6.07) is 4.32. The van der Waals surface area contributed by atoms with E-state index < -0.39 is 19.1 Å². The van der Waals surface area contributed by atoms with Crippen molar-refractivity contribution in [3.05, 3.63) is 33.8 Å². The van der Waals surface area contributed by atoms with E-state index in [0.29, 0.717) is 5.02 Å². The topological polar surface area (TPSA) is 54.4 Å². The highest BCUT2D eigenvalue weighted by Gasteiger charge is 2.46. The van der Waals surface area contributed by atoms with Crippen LogP contribution in [0.1, 0.15) is 18.6 Å². The van der Waals surface area contributed by atoms with Crippen LogP contribution in [-0.4, -0.2) is 22.4 Å². The molecular weight excluding hydrogens is 386 g/mol. The predicted octanol–water partition coefficient (Wildman–Crippen LogP) is 3.75. The molecule has 0 aliphatic carbocycles. The Labute approximate surface area is 129 Å². The molecule has 0 aliphatic heterocycles. The van der Waals surface area contributed by atoms with Crippen molar-refractivity contribution in [3.8, 4) is 0 Å². The van der Waals surface area contributed by atoms with Crippen molar-refractivity contribution < 1.29 is 13.5 Å². The van der Waals surface area contributed by atoms with E-state index in [1.54, 1.807) is 0 Å². The van der Waals surface area contributed by atoms with Crippen LogP contribution < -0.4 is 0 Å². The number of benzene rings is 1. The Morgan fingerprint density at radius 1 is 1.44 bits per heavy atom. The zero-order valence-corrected chi connectivity index (χ0v) is 13.9. The van der Waals surface area contributed by atoms with Crippen LogP contribution >= 0.6 is 50.7 Å². The van der Waals surface area contributed by atoms with Crippen molar-refractivity contribution in [3.63, 3.8) is 0 Å². The second-order valence-electron chi connectivity index (χ2n) is 3.53. The monoisotopic (exact) mass is 394 g/mol. The van der Waals surface area contributed by atoms with Crippen LogP contribution in [0.5, 0.6) is 0 Å². The van der Waals surface area contributed by atoms with Gasteiger partial charge in [0.1, 0.15) is 6.10 Å². The van der Waals surface area contributed by atoms with E-state index in [4.69, 9.17) is 34.8 Å². The van der Waals surface area contributed by atoms with Gasteiger partial charge in [-0.05, 0) is 28.1 Å². The molecule has 8 heteroatoms. The van der Waals surface area contributed by atoms with Gasteiger partial charge in [-0.3, -0.25) is 0 Å². The average Bonchev–Trinajstić information content (AvgIpc) is 2.28. The minimum Gasteiger partial charge on any atom is -0.384 e. The molecule has 1 aromatic rings. The van der Waals surface area contributed by atoms with Gasteiger partial charge in [0.05, 0.1) is 5.75 Å². The SMILES string of the molecule is CCS(=O)(=O)[C@](Cl)(Br)[C@H](O)c1ccc(Cl)cc1Cl. The maximum Gasteiger partial charge on any atom is 0.229 e. The first-order valence-electron chi connectivity index (χ1n) is 4.86. The number of halogens is 4.